The first-order valence-corrected chi connectivity index (χ1v) is 4.26. The summed E-state index contributed by atoms with van der Waals surface area (Å²) < 4.78 is 71.0. The largest absolute Gasteiger partial charge is 0.471 e. The third-order valence-corrected chi connectivity index (χ3v) is 1.89. The fourth-order valence-electron chi connectivity index (χ4n) is 0.587. The minimum Gasteiger partial charge on any atom is -0.294 e. The summed E-state index contributed by atoms with van der Waals surface area (Å²) >= 11 is 0.133. The van der Waals surface area contributed by atoms with Gasteiger partial charge in [0.15, 0.2) is 10.8 Å². The van der Waals surface area contributed by atoms with Crippen LogP contribution in [0.15, 0.2) is 0 Å². The van der Waals surface area contributed by atoms with Crippen LogP contribution in [-0.2, 0) is 11.0 Å². The van der Waals surface area contributed by atoms with Crippen molar-refractivity contribution in [3.63, 3.8) is 0 Å². The topological polar surface area (TPSA) is 42.0 Å². The fraction of sp³-hybridized carbons (Fsp3) is 0.333. The maximum absolute atomic E-state index is 12.0. The highest BCUT2D eigenvalue weighted by Gasteiger charge is 2.40. The molecule has 89 valence electrons. The average Bonchev–Trinajstić information content (AvgIpc) is 2.49. The van der Waals surface area contributed by atoms with Gasteiger partial charge in [0, 0.05) is 0 Å². The highest BCUT2D eigenvalue weighted by atomic mass is 32.1. The zero-order valence-electron chi connectivity index (χ0n) is 7.03. The summed E-state index contributed by atoms with van der Waals surface area (Å²) in [7, 11) is 0. The summed E-state index contributed by atoms with van der Waals surface area (Å²) in [5.41, 5.74) is -1.48. The van der Waals surface area contributed by atoms with Gasteiger partial charge >= 0.3 is 18.3 Å². The van der Waals surface area contributed by atoms with Crippen molar-refractivity contribution in [3.05, 3.63) is 11.1 Å². The van der Waals surface area contributed by atoms with Crippen LogP contribution in [0.3, 0.4) is 0 Å². The van der Waals surface area contributed by atoms with Crippen molar-refractivity contribution < 1.29 is 31.1 Å². The van der Waals surface area contributed by atoms with Crippen LogP contribution in [0.5, 0.6) is 0 Å². The van der Waals surface area contributed by atoms with Crippen molar-refractivity contribution >= 4 is 22.4 Å². The number of hydrogen-bond donors (Lipinski definition) is 1. The van der Waals surface area contributed by atoms with E-state index in [0.717, 1.165) is 0 Å². The van der Waals surface area contributed by atoms with Crippen molar-refractivity contribution in [1.82, 2.24) is 4.98 Å². The molecule has 16 heavy (non-hydrogen) atoms. The first-order chi connectivity index (χ1) is 7.10. The third-order valence-electron chi connectivity index (χ3n) is 1.20. The summed E-state index contributed by atoms with van der Waals surface area (Å²) in [6, 6.07) is 0. The van der Waals surface area contributed by atoms with E-state index in [9.17, 15) is 31.1 Å². The molecule has 1 aromatic heterocycles. The molecule has 1 N–H and O–H groups in total. The molecular formula is C6HF6N2OS. The Kier molecular flexibility index (Phi) is 3.13. The second kappa shape index (κ2) is 3.92. The van der Waals surface area contributed by atoms with Gasteiger partial charge in [-0.05, 0) is 0 Å². The minimum absolute atomic E-state index is 0.133. The molecule has 0 aliphatic rings. The van der Waals surface area contributed by atoms with E-state index in [1.165, 1.54) is 5.32 Å². The number of hydrogen-bond acceptors (Lipinski definition) is 3. The highest BCUT2D eigenvalue weighted by molar-refractivity contribution is 7.13. The van der Waals surface area contributed by atoms with E-state index in [0.29, 0.717) is 0 Å². The molecule has 0 fully saturated rings. The van der Waals surface area contributed by atoms with E-state index in [-0.39, 0.29) is 11.3 Å². The second-order valence-electron chi connectivity index (χ2n) is 2.42. The number of carbonyl (C=O) groups excluding carboxylic acids is 1. The van der Waals surface area contributed by atoms with Crippen LogP contribution in [-0.4, -0.2) is 17.1 Å². The number of carbonyl (C=O) groups is 1. The highest BCUT2D eigenvalue weighted by Crippen LogP contribution is 2.31. The van der Waals surface area contributed by atoms with Gasteiger partial charge in [0.1, 0.15) is 0 Å². The van der Waals surface area contributed by atoms with Gasteiger partial charge in [-0.1, -0.05) is 11.3 Å². The maximum Gasteiger partial charge on any atom is 0.471 e. The molecule has 1 aromatic rings. The Bertz CT molecular complexity index is 394. The summed E-state index contributed by atoms with van der Waals surface area (Å²) in [5, 5.41) is 2.00. The first kappa shape index (κ1) is 12.7. The Hall–Kier alpha value is -1.32. The molecule has 1 rings (SSSR count). The van der Waals surface area contributed by atoms with E-state index >= 15 is 0 Å². The van der Waals surface area contributed by atoms with Crippen LogP contribution >= 0.6 is 11.3 Å². The van der Waals surface area contributed by atoms with Crippen molar-refractivity contribution in [1.29, 1.82) is 0 Å². The lowest BCUT2D eigenvalue weighted by atomic mass is 10.5. The standard InChI is InChI=1S/C6HF6N2OS/c7-5(8,9)2-1-16-4(13-2)14-3(15)6(10,11)12/h(H,13,14,15). The number of aromatic nitrogens is 1. The molecule has 1 radical (unpaired) electrons. The molecule has 0 saturated heterocycles. The van der Waals surface area contributed by atoms with E-state index in [4.69, 9.17) is 0 Å². The van der Waals surface area contributed by atoms with Crippen molar-refractivity contribution in [2.45, 2.75) is 12.4 Å². The molecule has 0 aromatic carbocycles. The van der Waals surface area contributed by atoms with Crippen molar-refractivity contribution in [2.75, 3.05) is 5.32 Å². The van der Waals surface area contributed by atoms with Crippen LogP contribution in [0.2, 0.25) is 0 Å². The number of nitrogens with one attached hydrogen (secondary N) is 1. The molecule has 1 amide bonds. The lowest BCUT2D eigenvalue weighted by molar-refractivity contribution is -0.167. The van der Waals surface area contributed by atoms with Gasteiger partial charge in [-0.15, -0.1) is 0 Å². The number of amides is 1. The Morgan fingerprint density at radius 1 is 1.25 bits per heavy atom. The molecule has 0 unspecified atom stereocenters. The summed E-state index contributed by atoms with van der Waals surface area (Å²) in [4.78, 5) is 13.1. The van der Waals surface area contributed by atoms with Crippen LogP contribution in [0.1, 0.15) is 5.69 Å². The van der Waals surface area contributed by atoms with Gasteiger partial charge in [0.05, 0.1) is 5.38 Å². The first-order valence-electron chi connectivity index (χ1n) is 3.44. The predicted octanol–water partition coefficient (Wildman–Crippen LogP) is 2.46. The van der Waals surface area contributed by atoms with E-state index in [2.05, 4.69) is 4.98 Å². The molecule has 0 atom stereocenters. The summed E-state index contributed by atoms with van der Waals surface area (Å²) in [5.74, 6) is -2.39. The zero-order valence-corrected chi connectivity index (χ0v) is 7.85. The molecule has 0 bridgehead atoms. The van der Waals surface area contributed by atoms with E-state index in [1.54, 1.807) is 5.38 Å². The normalized spacial score (nSPS) is 12.6. The maximum atomic E-state index is 12.0. The number of halogens is 6. The van der Waals surface area contributed by atoms with Crippen LogP contribution in [0, 0.1) is 5.38 Å². The Morgan fingerprint density at radius 2 is 1.81 bits per heavy atom. The predicted molar refractivity (Wildman–Crippen MR) is 40.6 cm³/mol. The van der Waals surface area contributed by atoms with Gasteiger partial charge in [-0.3, -0.25) is 10.1 Å². The monoisotopic (exact) mass is 263 g/mol. The molecule has 3 nitrogen and oxygen atoms in total. The van der Waals surface area contributed by atoms with E-state index in [1.807, 2.05) is 0 Å². The number of alkyl halides is 6. The van der Waals surface area contributed by atoms with Crippen LogP contribution in [0.25, 0.3) is 0 Å². The zero-order chi connectivity index (χ0) is 12.6. The molecule has 0 aliphatic heterocycles. The number of rotatable bonds is 1. The van der Waals surface area contributed by atoms with Crippen molar-refractivity contribution in [3.8, 4) is 0 Å². The molecule has 0 spiro atoms. The smallest absolute Gasteiger partial charge is 0.294 e. The third kappa shape index (κ3) is 3.08. The number of thiazole rings is 1. The van der Waals surface area contributed by atoms with Gasteiger partial charge < -0.3 is 0 Å². The summed E-state index contributed by atoms with van der Waals surface area (Å²) in [6.07, 6.45) is -9.98. The number of nitrogens with zero attached hydrogens (tertiary/aromatic N) is 1. The SMILES string of the molecule is O=C(Nc1nc(C(F)(F)F)[c]s1)C(F)(F)F. The fourth-order valence-corrected chi connectivity index (χ4v) is 1.22. The van der Waals surface area contributed by atoms with E-state index < -0.39 is 29.1 Å². The lowest BCUT2D eigenvalue weighted by Gasteiger charge is -2.04. The Balaban J connectivity index is 2.78. The molecule has 1 heterocycles. The van der Waals surface area contributed by atoms with Gasteiger partial charge in [0.25, 0.3) is 0 Å². The van der Waals surface area contributed by atoms with Crippen molar-refractivity contribution in [2.24, 2.45) is 0 Å². The molecule has 10 heteroatoms. The van der Waals surface area contributed by atoms with Gasteiger partial charge in [-0.25, -0.2) is 4.98 Å². The Labute approximate surface area is 88.1 Å². The average molecular weight is 263 g/mol. The lowest BCUT2D eigenvalue weighted by Crippen LogP contribution is -2.29. The molecule has 0 saturated carbocycles. The van der Waals surface area contributed by atoms with Gasteiger partial charge in [-0.2, -0.15) is 26.3 Å². The van der Waals surface area contributed by atoms with Crippen LogP contribution < -0.4 is 5.32 Å². The Morgan fingerprint density at radius 3 is 2.19 bits per heavy atom. The number of anilines is 1. The van der Waals surface area contributed by atoms with Crippen LogP contribution in [0.4, 0.5) is 31.5 Å². The quantitative estimate of drug-likeness (QED) is 0.791. The second-order valence-corrected chi connectivity index (χ2v) is 3.21. The van der Waals surface area contributed by atoms with Gasteiger partial charge in [0.2, 0.25) is 0 Å². The molecular weight excluding hydrogens is 262 g/mol. The summed E-state index contributed by atoms with van der Waals surface area (Å²) in [6.45, 7) is 0. The molecule has 0 aliphatic carbocycles. The minimum atomic E-state index is -5.18.